The minimum atomic E-state index is -0.0694. The fraction of sp³-hybridized carbons (Fsp3) is 0.444. The molecule has 0 aliphatic carbocycles. The molecule has 3 rings (SSSR count). The van der Waals surface area contributed by atoms with E-state index in [9.17, 15) is 4.79 Å². The summed E-state index contributed by atoms with van der Waals surface area (Å²) in [6, 6.07) is 6.01. The van der Waals surface area contributed by atoms with Gasteiger partial charge in [-0.25, -0.2) is 4.98 Å². The van der Waals surface area contributed by atoms with Gasteiger partial charge >= 0.3 is 0 Å². The third kappa shape index (κ3) is 4.17. The zero-order valence-electron chi connectivity index (χ0n) is 14.3. The lowest BCUT2D eigenvalue weighted by atomic mass is 10.1. The van der Waals surface area contributed by atoms with E-state index in [0.29, 0.717) is 38.2 Å². The predicted molar refractivity (Wildman–Crippen MR) is 105 cm³/mol. The van der Waals surface area contributed by atoms with Gasteiger partial charge in [-0.3, -0.25) is 4.79 Å². The van der Waals surface area contributed by atoms with Crippen LogP contribution in [0.2, 0.25) is 10.0 Å². The van der Waals surface area contributed by atoms with Crippen LogP contribution in [0.1, 0.15) is 34.6 Å². The van der Waals surface area contributed by atoms with Crippen molar-refractivity contribution >= 4 is 40.4 Å². The quantitative estimate of drug-likeness (QED) is 0.798. The minimum absolute atomic E-state index is 0.0694. The number of aryl methyl sites for hydroxylation is 1. The number of amides is 1. The van der Waals surface area contributed by atoms with Crippen LogP contribution in [0.3, 0.4) is 0 Å². The standard InChI is InChI=1S/C18H21Cl2N3OS/c1-11-16(17(24)21-9-8-12-5-4-10-23(12)2)25-18(22-11)13-6-3-7-14(19)15(13)20/h3,6-7,12H,4-5,8-10H2,1-2H3,(H,21,24). The van der Waals surface area contributed by atoms with Crippen molar-refractivity contribution in [3.63, 3.8) is 0 Å². The van der Waals surface area contributed by atoms with E-state index in [1.54, 1.807) is 6.07 Å². The maximum atomic E-state index is 12.5. The third-order valence-electron chi connectivity index (χ3n) is 4.62. The fourth-order valence-electron chi connectivity index (χ4n) is 3.17. The molecule has 1 N–H and O–H groups in total. The first-order valence-corrected chi connectivity index (χ1v) is 9.95. The van der Waals surface area contributed by atoms with E-state index < -0.39 is 0 Å². The highest BCUT2D eigenvalue weighted by atomic mass is 35.5. The van der Waals surface area contributed by atoms with Crippen LogP contribution in [0.4, 0.5) is 0 Å². The fourth-order valence-corrected chi connectivity index (χ4v) is 4.63. The molecule has 0 spiro atoms. The van der Waals surface area contributed by atoms with Crippen LogP contribution in [0.5, 0.6) is 0 Å². The molecule has 1 saturated heterocycles. The average Bonchev–Trinajstić information content (AvgIpc) is 3.16. The summed E-state index contributed by atoms with van der Waals surface area (Å²) in [6.45, 7) is 3.67. The molecule has 7 heteroatoms. The van der Waals surface area contributed by atoms with E-state index in [1.165, 1.54) is 24.2 Å². The Balaban J connectivity index is 1.67. The van der Waals surface area contributed by atoms with Gasteiger partial charge in [0.25, 0.3) is 5.91 Å². The van der Waals surface area contributed by atoms with Gasteiger partial charge in [0.15, 0.2) is 0 Å². The Morgan fingerprint density at radius 3 is 2.96 bits per heavy atom. The second kappa shape index (κ2) is 8.04. The molecule has 2 aromatic rings. The SMILES string of the molecule is Cc1nc(-c2cccc(Cl)c2Cl)sc1C(=O)NCCC1CCCN1C. The largest absolute Gasteiger partial charge is 0.351 e. The van der Waals surface area contributed by atoms with Gasteiger partial charge in [0.2, 0.25) is 0 Å². The summed E-state index contributed by atoms with van der Waals surface area (Å²) < 4.78 is 0. The van der Waals surface area contributed by atoms with E-state index >= 15 is 0 Å². The number of hydrogen-bond donors (Lipinski definition) is 1. The first-order valence-electron chi connectivity index (χ1n) is 8.37. The maximum absolute atomic E-state index is 12.5. The Hall–Kier alpha value is -1.14. The molecule has 1 aliphatic rings. The van der Waals surface area contributed by atoms with Gasteiger partial charge in [0, 0.05) is 18.2 Å². The Morgan fingerprint density at radius 2 is 2.24 bits per heavy atom. The van der Waals surface area contributed by atoms with Crippen LogP contribution in [0, 0.1) is 6.92 Å². The second-order valence-corrected chi connectivity index (χ2v) is 8.14. The molecule has 0 radical (unpaired) electrons. The molecule has 1 amide bonds. The van der Waals surface area contributed by atoms with Gasteiger partial charge in [-0.05, 0) is 45.8 Å². The summed E-state index contributed by atoms with van der Waals surface area (Å²) in [5.41, 5.74) is 1.47. The number of aromatic nitrogens is 1. The third-order valence-corrected chi connectivity index (χ3v) is 6.63. The van der Waals surface area contributed by atoms with Crippen LogP contribution in [0.25, 0.3) is 10.6 Å². The number of benzene rings is 1. The lowest BCUT2D eigenvalue weighted by molar-refractivity contribution is 0.0953. The van der Waals surface area contributed by atoms with Gasteiger partial charge in [0.05, 0.1) is 15.7 Å². The van der Waals surface area contributed by atoms with Gasteiger partial charge in [0.1, 0.15) is 9.88 Å². The van der Waals surface area contributed by atoms with Crippen LogP contribution >= 0.6 is 34.5 Å². The summed E-state index contributed by atoms with van der Waals surface area (Å²) in [5.74, 6) is -0.0694. The highest BCUT2D eigenvalue weighted by molar-refractivity contribution is 7.17. The van der Waals surface area contributed by atoms with Crippen molar-refractivity contribution in [3.8, 4) is 10.6 Å². The van der Waals surface area contributed by atoms with Gasteiger partial charge in [-0.15, -0.1) is 11.3 Å². The zero-order chi connectivity index (χ0) is 18.0. The van der Waals surface area contributed by atoms with Gasteiger partial charge in [-0.2, -0.15) is 0 Å². The van der Waals surface area contributed by atoms with Crippen molar-refractivity contribution < 1.29 is 4.79 Å². The molecular formula is C18H21Cl2N3OS. The monoisotopic (exact) mass is 397 g/mol. The number of nitrogens with one attached hydrogen (secondary N) is 1. The Bertz CT molecular complexity index is 778. The van der Waals surface area contributed by atoms with E-state index in [4.69, 9.17) is 23.2 Å². The van der Waals surface area contributed by atoms with Crippen molar-refractivity contribution in [2.75, 3.05) is 20.1 Å². The lowest BCUT2D eigenvalue weighted by Gasteiger charge is -2.19. The Morgan fingerprint density at radius 1 is 1.44 bits per heavy atom. The number of carbonyl (C=O) groups excluding carboxylic acids is 1. The zero-order valence-corrected chi connectivity index (χ0v) is 16.6. The molecule has 25 heavy (non-hydrogen) atoms. The molecule has 1 aliphatic heterocycles. The Kier molecular flexibility index (Phi) is 6.00. The smallest absolute Gasteiger partial charge is 0.263 e. The van der Waals surface area contributed by atoms with Crippen molar-refractivity contribution in [3.05, 3.63) is 38.8 Å². The summed E-state index contributed by atoms with van der Waals surface area (Å²) >= 11 is 13.7. The molecule has 1 aromatic heterocycles. The van der Waals surface area contributed by atoms with Crippen LogP contribution < -0.4 is 5.32 Å². The molecule has 2 heterocycles. The molecule has 1 aromatic carbocycles. The van der Waals surface area contributed by atoms with Crippen LogP contribution in [0.15, 0.2) is 18.2 Å². The van der Waals surface area contributed by atoms with Gasteiger partial charge < -0.3 is 10.2 Å². The normalized spacial score (nSPS) is 17.8. The lowest BCUT2D eigenvalue weighted by Crippen LogP contribution is -2.31. The summed E-state index contributed by atoms with van der Waals surface area (Å²) in [4.78, 5) is 20.0. The molecule has 0 saturated carbocycles. The molecule has 1 atom stereocenters. The number of carbonyl (C=O) groups is 1. The molecule has 0 bridgehead atoms. The van der Waals surface area contributed by atoms with Crippen molar-refractivity contribution in [1.82, 2.24) is 15.2 Å². The topological polar surface area (TPSA) is 45.2 Å². The summed E-state index contributed by atoms with van der Waals surface area (Å²) in [5, 5.41) is 4.69. The molecule has 4 nitrogen and oxygen atoms in total. The first-order chi connectivity index (χ1) is 12.0. The van der Waals surface area contributed by atoms with Crippen molar-refractivity contribution in [2.45, 2.75) is 32.2 Å². The number of hydrogen-bond acceptors (Lipinski definition) is 4. The van der Waals surface area contributed by atoms with Crippen molar-refractivity contribution in [2.24, 2.45) is 0 Å². The van der Waals surface area contributed by atoms with E-state index in [0.717, 1.165) is 18.5 Å². The summed E-state index contributed by atoms with van der Waals surface area (Å²) in [6.07, 6.45) is 3.43. The summed E-state index contributed by atoms with van der Waals surface area (Å²) in [7, 11) is 2.15. The predicted octanol–water partition coefficient (Wildman–Crippen LogP) is 4.64. The van der Waals surface area contributed by atoms with E-state index in [2.05, 4.69) is 22.2 Å². The molecule has 1 unspecified atom stereocenters. The van der Waals surface area contributed by atoms with Gasteiger partial charge in [-0.1, -0.05) is 35.3 Å². The second-order valence-electron chi connectivity index (χ2n) is 6.36. The number of halogens is 2. The number of thiazole rings is 1. The van der Waals surface area contributed by atoms with E-state index in [-0.39, 0.29) is 5.91 Å². The average molecular weight is 398 g/mol. The highest BCUT2D eigenvalue weighted by Crippen LogP contribution is 2.36. The number of rotatable bonds is 5. The first kappa shape index (κ1) is 18.6. The van der Waals surface area contributed by atoms with Crippen molar-refractivity contribution in [1.29, 1.82) is 0 Å². The van der Waals surface area contributed by atoms with E-state index in [1.807, 2.05) is 19.1 Å². The highest BCUT2D eigenvalue weighted by Gasteiger charge is 2.22. The number of likely N-dealkylation sites (tertiary alicyclic amines) is 1. The minimum Gasteiger partial charge on any atom is -0.351 e. The number of nitrogens with zero attached hydrogens (tertiary/aromatic N) is 2. The molecule has 134 valence electrons. The van der Waals surface area contributed by atoms with Crippen LogP contribution in [-0.2, 0) is 0 Å². The molecule has 1 fully saturated rings. The Labute approximate surface area is 162 Å². The maximum Gasteiger partial charge on any atom is 0.263 e. The molecular weight excluding hydrogens is 377 g/mol. The van der Waals surface area contributed by atoms with Crippen LogP contribution in [-0.4, -0.2) is 42.0 Å².